The van der Waals surface area contributed by atoms with Crippen molar-refractivity contribution in [3.8, 4) is 6.07 Å². The third-order valence-electron chi connectivity index (χ3n) is 5.07. The van der Waals surface area contributed by atoms with Crippen LogP contribution in [0.25, 0.3) is 0 Å². The lowest BCUT2D eigenvalue weighted by Crippen LogP contribution is -2.46. The topological polar surface area (TPSA) is 108 Å². The number of anilines is 1. The molecular formula is C20H17F3N4O3. The van der Waals surface area contributed by atoms with Crippen LogP contribution in [0, 0.1) is 28.4 Å². The predicted octanol–water partition coefficient (Wildman–Crippen LogP) is 3.79. The number of rotatable bonds is 4. The van der Waals surface area contributed by atoms with Gasteiger partial charge in [-0.25, -0.2) is 0 Å². The number of benzene rings is 2. The van der Waals surface area contributed by atoms with Crippen molar-refractivity contribution in [3.05, 3.63) is 69.3 Å². The van der Waals surface area contributed by atoms with Crippen molar-refractivity contribution < 1.29 is 22.9 Å². The van der Waals surface area contributed by atoms with Gasteiger partial charge in [0.15, 0.2) is 0 Å². The van der Waals surface area contributed by atoms with E-state index in [0.717, 1.165) is 0 Å². The monoisotopic (exact) mass is 418 g/mol. The lowest BCUT2D eigenvalue weighted by Gasteiger charge is -2.22. The maximum atomic E-state index is 13.6. The van der Waals surface area contributed by atoms with Crippen LogP contribution in [-0.2, 0) is 4.79 Å². The molecule has 10 heteroatoms. The first-order valence-electron chi connectivity index (χ1n) is 8.99. The Bertz CT molecular complexity index is 1020. The molecular weight excluding hydrogens is 401 g/mol. The van der Waals surface area contributed by atoms with E-state index in [0.29, 0.717) is 11.3 Å². The summed E-state index contributed by atoms with van der Waals surface area (Å²) in [5.41, 5.74) is 1.10. The van der Waals surface area contributed by atoms with Crippen LogP contribution in [-0.4, -0.2) is 29.1 Å². The molecule has 30 heavy (non-hydrogen) atoms. The number of nitrogens with one attached hydrogen (secondary N) is 2. The number of carbonyl (C=O) groups excluding carboxylic acids is 1. The van der Waals surface area contributed by atoms with Crippen molar-refractivity contribution in [2.24, 2.45) is 0 Å². The van der Waals surface area contributed by atoms with Crippen LogP contribution in [0.5, 0.6) is 0 Å². The summed E-state index contributed by atoms with van der Waals surface area (Å²) in [7, 11) is 0. The van der Waals surface area contributed by atoms with Crippen molar-refractivity contribution in [2.75, 3.05) is 5.32 Å². The molecule has 1 heterocycles. The van der Waals surface area contributed by atoms with Crippen molar-refractivity contribution >= 4 is 17.3 Å². The fourth-order valence-electron chi connectivity index (χ4n) is 3.60. The zero-order valence-corrected chi connectivity index (χ0v) is 15.7. The fourth-order valence-corrected chi connectivity index (χ4v) is 3.60. The first-order valence-corrected chi connectivity index (χ1v) is 8.99. The molecule has 3 rings (SSSR count). The van der Waals surface area contributed by atoms with Gasteiger partial charge in [0.25, 0.3) is 5.69 Å². The van der Waals surface area contributed by atoms with Gasteiger partial charge in [-0.15, -0.1) is 0 Å². The van der Waals surface area contributed by atoms with Gasteiger partial charge in [-0.3, -0.25) is 20.2 Å². The number of amides is 1. The zero-order valence-electron chi connectivity index (χ0n) is 15.7. The van der Waals surface area contributed by atoms with Gasteiger partial charge in [-0.2, -0.15) is 18.4 Å². The average Bonchev–Trinajstić information content (AvgIpc) is 3.14. The Balaban J connectivity index is 1.82. The second-order valence-corrected chi connectivity index (χ2v) is 7.06. The number of carbonyl (C=O) groups is 1. The predicted molar refractivity (Wildman–Crippen MR) is 102 cm³/mol. The molecule has 0 aromatic heterocycles. The molecule has 1 amide bonds. The van der Waals surface area contributed by atoms with Gasteiger partial charge in [0.05, 0.1) is 22.6 Å². The van der Waals surface area contributed by atoms with Gasteiger partial charge in [-0.05, 0) is 49.2 Å². The highest BCUT2D eigenvalue weighted by atomic mass is 19.4. The van der Waals surface area contributed by atoms with Crippen LogP contribution in [0.3, 0.4) is 0 Å². The Morgan fingerprint density at radius 3 is 2.47 bits per heavy atom. The normalized spacial score (nSPS) is 21.1. The summed E-state index contributed by atoms with van der Waals surface area (Å²) in [5, 5.41) is 24.7. The van der Waals surface area contributed by atoms with E-state index in [2.05, 4.69) is 10.6 Å². The lowest BCUT2D eigenvalue weighted by atomic mass is 9.89. The number of nitrogens with zero attached hydrogens (tertiary/aromatic N) is 2. The number of hydrogen-bond acceptors (Lipinski definition) is 5. The molecule has 3 atom stereocenters. The number of nitro groups is 1. The van der Waals surface area contributed by atoms with E-state index in [4.69, 9.17) is 5.26 Å². The minimum Gasteiger partial charge on any atom is -0.325 e. The molecule has 156 valence electrons. The summed E-state index contributed by atoms with van der Waals surface area (Å²) in [6.07, 6.45) is -4.73. The molecule has 1 unspecified atom stereocenters. The molecule has 1 aliphatic rings. The summed E-state index contributed by atoms with van der Waals surface area (Å²) in [5.74, 6) is -1.70. The van der Waals surface area contributed by atoms with Crippen molar-refractivity contribution in [1.29, 1.82) is 5.26 Å². The summed E-state index contributed by atoms with van der Waals surface area (Å²) in [6.45, 7) is 1.46. The molecule has 0 saturated carbocycles. The Labute approximate surface area is 169 Å². The van der Waals surface area contributed by atoms with Crippen LogP contribution in [0.2, 0.25) is 0 Å². The highest BCUT2D eigenvalue weighted by Crippen LogP contribution is 2.40. The third-order valence-corrected chi connectivity index (χ3v) is 5.07. The number of aryl methyl sites for hydroxylation is 1. The summed E-state index contributed by atoms with van der Waals surface area (Å²) < 4.78 is 40.9. The van der Waals surface area contributed by atoms with Crippen LogP contribution < -0.4 is 10.6 Å². The number of hydrogen-bond donors (Lipinski definition) is 2. The Morgan fingerprint density at radius 2 is 1.93 bits per heavy atom. The number of halogens is 3. The largest absolute Gasteiger partial charge is 0.404 e. The van der Waals surface area contributed by atoms with E-state index in [1.165, 1.54) is 49.4 Å². The summed E-state index contributed by atoms with van der Waals surface area (Å²) in [6, 6.07) is 8.67. The highest BCUT2D eigenvalue weighted by Gasteiger charge is 2.52. The van der Waals surface area contributed by atoms with Gasteiger partial charge < -0.3 is 5.32 Å². The summed E-state index contributed by atoms with van der Waals surface area (Å²) in [4.78, 5) is 22.9. The molecule has 1 saturated heterocycles. The van der Waals surface area contributed by atoms with Gasteiger partial charge in [0, 0.05) is 23.2 Å². The van der Waals surface area contributed by atoms with Crippen LogP contribution in [0.4, 0.5) is 24.5 Å². The van der Waals surface area contributed by atoms with Crippen molar-refractivity contribution in [2.45, 2.75) is 37.5 Å². The SMILES string of the molecule is Cc1cc(C2C[C@@H](C(=O)Nc3ccc(C#N)cc3)N[C@H]2C(F)(F)F)ccc1[N+](=O)[O-]. The molecule has 1 aliphatic heterocycles. The standard InChI is InChI=1S/C20H17F3N4O3/c1-11-8-13(4-7-17(11)27(29)30)15-9-16(26-18(15)20(21,22)23)19(28)25-14-5-2-12(10-24)3-6-14/h2-8,15-16,18,26H,9H2,1H3,(H,25,28)/t15?,16-,18+/m0/s1. The van der Waals surface area contributed by atoms with Crippen molar-refractivity contribution in [1.82, 2.24) is 5.32 Å². The molecule has 1 fully saturated rings. The number of nitriles is 1. The van der Waals surface area contributed by atoms with Crippen LogP contribution in [0.1, 0.15) is 29.0 Å². The van der Waals surface area contributed by atoms with Gasteiger partial charge >= 0.3 is 6.18 Å². The van der Waals surface area contributed by atoms with E-state index in [-0.39, 0.29) is 23.2 Å². The fraction of sp³-hybridized carbons (Fsp3) is 0.300. The van der Waals surface area contributed by atoms with E-state index < -0.39 is 35.0 Å². The van der Waals surface area contributed by atoms with Crippen molar-refractivity contribution in [3.63, 3.8) is 0 Å². The van der Waals surface area contributed by atoms with E-state index >= 15 is 0 Å². The summed E-state index contributed by atoms with van der Waals surface area (Å²) >= 11 is 0. The minimum atomic E-state index is -4.61. The van der Waals surface area contributed by atoms with Gasteiger partial charge in [0.1, 0.15) is 6.04 Å². The first kappa shape index (κ1) is 21.3. The van der Waals surface area contributed by atoms with Crippen LogP contribution >= 0.6 is 0 Å². The minimum absolute atomic E-state index is 0.121. The third kappa shape index (κ3) is 4.41. The Kier molecular flexibility index (Phi) is 5.75. The average molecular weight is 418 g/mol. The van der Waals surface area contributed by atoms with Gasteiger partial charge in [-0.1, -0.05) is 6.07 Å². The number of alkyl halides is 3. The molecule has 2 N–H and O–H groups in total. The smallest absolute Gasteiger partial charge is 0.325 e. The molecule has 7 nitrogen and oxygen atoms in total. The van der Waals surface area contributed by atoms with Crippen LogP contribution in [0.15, 0.2) is 42.5 Å². The lowest BCUT2D eigenvalue weighted by molar-refractivity contribution is -0.385. The second kappa shape index (κ2) is 8.12. The first-order chi connectivity index (χ1) is 14.1. The maximum Gasteiger partial charge on any atom is 0.404 e. The Hall–Kier alpha value is -3.45. The maximum absolute atomic E-state index is 13.6. The van der Waals surface area contributed by atoms with E-state index in [1.54, 1.807) is 0 Å². The molecule has 0 radical (unpaired) electrons. The zero-order chi connectivity index (χ0) is 22.1. The molecule has 2 aromatic carbocycles. The van der Waals surface area contributed by atoms with Gasteiger partial charge in [0.2, 0.25) is 5.91 Å². The molecule has 0 spiro atoms. The quantitative estimate of drug-likeness (QED) is 0.580. The molecule has 0 bridgehead atoms. The number of nitro benzene ring substituents is 1. The molecule has 2 aromatic rings. The van der Waals surface area contributed by atoms with E-state index in [9.17, 15) is 28.1 Å². The Morgan fingerprint density at radius 1 is 1.27 bits per heavy atom. The highest BCUT2D eigenvalue weighted by molar-refractivity contribution is 5.95. The van der Waals surface area contributed by atoms with E-state index in [1.807, 2.05) is 6.07 Å². The molecule has 0 aliphatic carbocycles. The second-order valence-electron chi connectivity index (χ2n) is 7.06.